The van der Waals surface area contributed by atoms with Crippen molar-refractivity contribution in [1.82, 2.24) is 9.78 Å². The molecule has 4 aromatic rings. The maximum atomic E-state index is 13.7. The zero-order chi connectivity index (χ0) is 22.5. The van der Waals surface area contributed by atoms with Crippen LogP contribution >= 0.6 is 0 Å². The number of rotatable bonds is 6. The lowest BCUT2D eigenvalue weighted by Gasteiger charge is -2.09. The molecule has 0 saturated carbocycles. The van der Waals surface area contributed by atoms with Gasteiger partial charge in [-0.15, -0.1) is 0 Å². The van der Waals surface area contributed by atoms with Gasteiger partial charge < -0.3 is 10.1 Å². The first-order chi connectivity index (χ1) is 15.5. The summed E-state index contributed by atoms with van der Waals surface area (Å²) in [6, 6.07) is 19.6. The third kappa shape index (κ3) is 4.89. The van der Waals surface area contributed by atoms with Crippen molar-refractivity contribution in [2.75, 3.05) is 5.32 Å². The molecule has 0 saturated heterocycles. The Morgan fingerprint density at radius 1 is 1.09 bits per heavy atom. The molecule has 32 heavy (non-hydrogen) atoms. The SMILES string of the molecule is CC(=O)Oc1cc(C=CC(=O)Nc2cccc3cnn(Cc4ccccc4)c23)ccc1F. The lowest BCUT2D eigenvalue weighted by Crippen LogP contribution is -2.10. The van der Waals surface area contributed by atoms with E-state index < -0.39 is 11.8 Å². The van der Waals surface area contributed by atoms with E-state index >= 15 is 0 Å². The normalized spacial score (nSPS) is 11.1. The van der Waals surface area contributed by atoms with Crippen molar-refractivity contribution in [2.24, 2.45) is 0 Å². The Hall–Kier alpha value is -4.26. The van der Waals surface area contributed by atoms with Crippen LogP contribution in [0.2, 0.25) is 0 Å². The molecule has 7 heteroatoms. The van der Waals surface area contributed by atoms with E-state index in [9.17, 15) is 14.0 Å². The number of aromatic nitrogens is 2. The number of amides is 1. The van der Waals surface area contributed by atoms with Gasteiger partial charge in [-0.1, -0.05) is 48.5 Å². The lowest BCUT2D eigenvalue weighted by molar-refractivity contribution is -0.132. The molecule has 0 unspecified atom stereocenters. The van der Waals surface area contributed by atoms with Crippen LogP contribution in [0.1, 0.15) is 18.1 Å². The van der Waals surface area contributed by atoms with Crippen molar-refractivity contribution in [3.63, 3.8) is 0 Å². The van der Waals surface area contributed by atoms with Crippen molar-refractivity contribution in [3.05, 3.63) is 95.9 Å². The largest absolute Gasteiger partial charge is 0.424 e. The number of hydrogen-bond acceptors (Lipinski definition) is 4. The van der Waals surface area contributed by atoms with Crippen molar-refractivity contribution in [3.8, 4) is 5.75 Å². The van der Waals surface area contributed by atoms with Gasteiger partial charge in [0.15, 0.2) is 11.6 Å². The summed E-state index contributed by atoms with van der Waals surface area (Å²) in [6.45, 7) is 1.76. The highest BCUT2D eigenvalue weighted by Gasteiger charge is 2.11. The first-order valence-corrected chi connectivity index (χ1v) is 9.95. The second-order valence-electron chi connectivity index (χ2n) is 7.14. The zero-order valence-corrected chi connectivity index (χ0v) is 17.3. The fraction of sp³-hybridized carbons (Fsp3) is 0.0800. The van der Waals surface area contributed by atoms with Gasteiger partial charge in [0.2, 0.25) is 5.91 Å². The summed E-state index contributed by atoms with van der Waals surface area (Å²) >= 11 is 0. The topological polar surface area (TPSA) is 73.2 Å². The van der Waals surface area contributed by atoms with E-state index in [1.54, 1.807) is 6.20 Å². The molecule has 1 aromatic heterocycles. The number of fused-ring (bicyclic) bond motifs is 1. The Labute approximate surface area is 183 Å². The monoisotopic (exact) mass is 429 g/mol. The lowest BCUT2D eigenvalue weighted by atomic mass is 10.2. The van der Waals surface area contributed by atoms with Gasteiger partial charge in [0.25, 0.3) is 0 Å². The first kappa shape index (κ1) is 21.0. The molecule has 0 atom stereocenters. The van der Waals surface area contributed by atoms with Gasteiger partial charge in [-0.2, -0.15) is 5.10 Å². The van der Waals surface area contributed by atoms with E-state index in [4.69, 9.17) is 4.74 Å². The molecule has 0 aliphatic rings. The molecule has 1 N–H and O–H groups in total. The smallest absolute Gasteiger partial charge is 0.308 e. The van der Waals surface area contributed by atoms with Crippen LogP contribution in [0.25, 0.3) is 17.0 Å². The van der Waals surface area contributed by atoms with Crippen molar-refractivity contribution < 1.29 is 18.7 Å². The van der Waals surface area contributed by atoms with E-state index in [-0.39, 0.29) is 11.7 Å². The van der Waals surface area contributed by atoms with E-state index in [2.05, 4.69) is 10.4 Å². The summed E-state index contributed by atoms with van der Waals surface area (Å²) in [6.07, 6.45) is 4.61. The number of benzene rings is 3. The number of anilines is 1. The van der Waals surface area contributed by atoms with Gasteiger partial charge in [-0.3, -0.25) is 14.3 Å². The van der Waals surface area contributed by atoms with Gasteiger partial charge in [-0.05, 0) is 35.4 Å². The quantitative estimate of drug-likeness (QED) is 0.271. The fourth-order valence-corrected chi connectivity index (χ4v) is 3.32. The van der Waals surface area contributed by atoms with Crippen LogP contribution in [0.5, 0.6) is 5.75 Å². The van der Waals surface area contributed by atoms with Crippen LogP contribution in [-0.4, -0.2) is 21.7 Å². The molecule has 0 spiro atoms. The van der Waals surface area contributed by atoms with Crippen molar-refractivity contribution in [2.45, 2.75) is 13.5 Å². The average molecular weight is 429 g/mol. The molecule has 160 valence electrons. The van der Waals surface area contributed by atoms with Gasteiger partial charge in [0.1, 0.15) is 0 Å². The maximum Gasteiger partial charge on any atom is 0.308 e. The van der Waals surface area contributed by atoms with Crippen molar-refractivity contribution >= 4 is 34.5 Å². The molecule has 0 fully saturated rings. The molecular formula is C25H20FN3O3. The first-order valence-electron chi connectivity index (χ1n) is 9.95. The van der Waals surface area contributed by atoms with Crippen LogP contribution < -0.4 is 10.1 Å². The van der Waals surface area contributed by atoms with Gasteiger partial charge in [0.05, 0.1) is 23.9 Å². The number of carbonyl (C=O) groups is 2. The predicted octanol–water partition coefficient (Wildman–Crippen LogP) is 4.80. The van der Waals surface area contributed by atoms with Crippen LogP contribution in [0, 0.1) is 5.82 Å². The van der Waals surface area contributed by atoms with Crippen LogP contribution in [0.15, 0.2) is 79.0 Å². The fourth-order valence-electron chi connectivity index (χ4n) is 3.32. The highest BCUT2D eigenvalue weighted by Crippen LogP contribution is 2.24. The summed E-state index contributed by atoms with van der Waals surface area (Å²) in [5.41, 5.74) is 3.06. The third-order valence-electron chi connectivity index (χ3n) is 4.73. The Morgan fingerprint density at radius 3 is 2.69 bits per heavy atom. The number of nitrogens with zero attached hydrogens (tertiary/aromatic N) is 2. The van der Waals surface area contributed by atoms with E-state index in [0.717, 1.165) is 16.5 Å². The second-order valence-corrected chi connectivity index (χ2v) is 7.14. The summed E-state index contributed by atoms with van der Waals surface area (Å²) in [5.74, 6) is -1.82. The number of ether oxygens (including phenoxy) is 1. The Balaban J connectivity index is 1.54. The molecular weight excluding hydrogens is 409 g/mol. The minimum absolute atomic E-state index is 0.186. The molecule has 0 aliphatic heterocycles. The van der Waals surface area contributed by atoms with E-state index in [0.29, 0.717) is 17.8 Å². The summed E-state index contributed by atoms with van der Waals surface area (Å²) in [7, 11) is 0. The van der Waals surface area contributed by atoms with Gasteiger partial charge in [-0.25, -0.2) is 4.39 Å². The highest BCUT2D eigenvalue weighted by atomic mass is 19.1. The van der Waals surface area contributed by atoms with Crippen LogP contribution in [0.4, 0.5) is 10.1 Å². The number of para-hydroxylation sites is 1. The summed E-state index contributed by atoms with van der Waals surface area (Å²) in [5, 5.41) is 8.25. The molecule has 6 nitrogen and oxygen atoms in total. The third-order valence-corrected chi connectivity index (χ3v) is 4.73. The molecule has 4 rings (SSSR count). The number of carbonyl (C=O) groups excluding carboxylic acids is 2. The molecule has 0 radical (unpaired) electrons. The highest BCUT2D eigenvalue weighted by molar-refractivity contribution is 6.06. The number of esters is 1. The van der Waals surface area contributed by atoms with Gasteiger partial charge in [0, 0.05) is 18.4 Å². The minimum Gasteiger partial charge on any atom is -0.424 e. The molecule has 0 aliphatic carbocycles. The Morgan fingerprint density at radius 2 is 1.91 bits per heavy atom. The summed E-state index contributed by atoms with van der Waals surface area (Å²) < 4.78 is 20.4. The molecule has 0 bridgehead atoms. The van der Waals surface area contributed by atoms with Gasteiger partial charge >= 0.3 is 5.97 Å². The zero-order valence-electron chi connectivity index (χ0n) is 17.3. The van der Waals surface area contributed by atoms with E-state index in [1.807, 2.05) is 53.2 Å². The molecule has 1 amide bonds. The Bertz CT molecular complexity index is 1310. The number of nitrogens with one attached hydrogen (secondary N) is 1. The molecule has 1 heterocycles. The van der Waals surface area contributed by atoms with E-state index in [1.165, 1.54) is 37.3 Å². The van der Waals surface area contributed by atoms with Crippen LogP contribution in [0.3, 0.4) is 0 Å². The average Bonchev–Trinajstić information content (AvgIpc) is 3.18. The van der Waals surface area contributed by atoms with Crippen LogP contribution in [-0.2, 0) is 16.1 Å². The number of hydrogen-bond donors (Lipinski definition) is 1. The second kappa shape index (κ2) is 9.26. The van der Waals surface area contributed by atoms with Crippen molar-refractivity contribution in [1.29, 1.82) is 0 Å². The number of halogens is 1. The Kier molecular flexibility index (Phi) is 6.07. The predicted molar refractivity (Wildman–Crippen MR) is 121 cm³/mol. The molecule has 3 aromatic carbocycles. The minimum atomic E-state index is -0.653. The summed E-state index contributed by atoms with van der Waals surface area (Å²) in [4.78, 5) is 23.7. The maximum absolute atomic E-state index is 13.7. The standard InChI is InChI=1S/C25H20FN3O3/c1-17(30)32-23-14-18(10-12-21(23)26)11-13-24(31)28-22-9-5-8-20-15-27-29(25(20)22)16-19-6-3-2-4-7-19/h2-15H,16H2,1H3,(H,28,31).